The van der Waals surface area contributed by atoms with Gasteiger partial charge < -0.3 is 10.6 Å². The molecule has 3 nitrogen and oxygen atoms in total. The summed E-state index contributed by atoms with van der Waals surface area (Å²) in [6, 6.07) is 0.340. The molecule has 1 rings (SSSR count). The van der Waals surface area contributed by atoms with Gasteiger partial charge in [0.2, 0.25) is 5.91 Å². The van der Waals surface area contributed by atoms with E-state index in [2.05, 4.69) is 31.4 Å². The van der Waals surface area contributed by atoms with Gasteiger partial charge in [-0.3, -0.25) is 4.79 Å². The topological polar surface area (TPSA) is 41.1 Å². The number of rotatable bonds is 5. The van der Waals surface area contributed by atoms with Crippen LogP contribution in [0.5, 0.6) is 0 Å². The van der Waals surface area contributed by atoms with Crippen molar-refractivity contribution in [2.45, 2.75) is 46.1 Å². The molecule has 1 amide bonds. The van der Waals surface area contributed by atoms with Crippen molar-refractivity contribution in [1.82, 2.24) is 10.6 Å². The fraction of sp³-hybridized carbons (Fsp3) is 0.917. The van der Waals surface area contributed by atoms with Gasteiger partial charge in [0.15, 0.2) is 0 Å². The van der Waals surface area contributed by atoms with E-state index in [-0.39, 0.29) is 5.91 Å². The quantitative estimate of drug-likeness (QED) is 0.726. The van der Waals surface area contributed by atoms with E-state index in [4.69, 9.17) is 0 Å². The first-order valence-electron chi connectivity index (χ1n) is 6.13. The molecule has 2 N–H and O–H groups in total. The van der Waals surface area contributed by atoms with Crippen molar-refractivity contribution in [1.29, 1.82) is 0 Å². The van der Waals surface area contributed by atoms with Crippen molar-refractivity contribution in [2.24, 2.45) is 11.8 Å². The van der Waals surface area contributed by atoms with Crippen molar-refractivity contribution in [3.63, 3.8) is 0 Å². The second-order valence-electron chi connectivity index (χ2n) is 4.89. The van der Waals surface area contributed by atoms with Gasteiger partial charge in [-0.15, -0.1) is 0 Å². The number of amides is 1. The Kier molecular flexibility index (Phi) is 5.09. The van der Waals surface area contributed by atoms with Gasteiger partial charge in [-0.2, -0.15) is 0 Å². The van der Waals surface area contributed by atoms with Crippen LogP contribution in [0.4, 0.5) is 0 Å². The zero-order valence-corrected chi connectivity index (χ0v) is 10.2. The summed E-state index contributed by atoms with van der Waals surface area (Å²) < 4.78 is 0. The lowest BCUT2D eigenvalue weighted by Crippen LogP contribution is -2.38. The average Bonchev–Trinajstić information content (AvgIpc) is 2.66. The van der Waals surface area contributed by atoms with E-state index in [1.54, 1.807) is 0 Å². The van der Waals surface area contributed by atoms with Gasteiger partial charge in [-0.1, -0.05) is 20.8 Å². The number of hydrogen-bond acceptors (Lipinski definition) is 2. The predicted molar refractivity (Wildman–Crippen MR) is 62.7 cm³/mol. The van der Waals surface area contributed by atoms with Crippen LogP contribution in [0, 0.1) is 11.8 Å². The molecule has 0 saturated carbocycles. The van der Waals surface area contributed by atoms with Gasteiger partial charge >= 0.3 is 0 Å². The summed E-state index contributed by atoms with van der Waals surface area (Å²) in [5, 5.41) is 6.41. The van der Waals surface area contributed by atoms with Gasteiger partial charge in [0, 0.05) is 12.5 Å². The molecule has 0 aromatic carbocycles. The lowest BCUT2D eigenvalue weighted by atomic mass is 10.00. The third-order valence-electron chi connectivity index (χ3n) is 3.23. The summed E-state index contributed by atoms with van der Waals surface area (Å²) in [5.74, 6) is 1.31. The molecule has 0 spiro atoms. The third kappa shape index (κ3) is 4.20. The minimum absolute atomic E-state index is 0.226. The fourth-order valence-electron chi connectivity index (χ4n) is 2.16. The molecule has 1 heterocycles. The lowest BCUT2D eigenvalue weighted by Gasteiger charge is -2.21. The lowest BCUT2D eigenvalue weighted by molar-refractivity contribution is -0.122. The number of carbonyl (C=O) groups is 1. The first kappa shape index (κ1) is 12.5. The van der Waals surface area contributed by atoms with Crippen LogP contribution >= 0.6 is 0 Å². The molecule has 15 heavy (non-hydrogen) atoms. The molecule has 1 saturated heterocycles. The Hall–Kier alpha value is -0.570. The van der Waals surface area contributed by atoms with E-state index in [0.717, 1.165) is 25.9 Å². The highest BCUT2D eigenvalue weighted by molar-refractivity contribution is 5.76. The Bertz CT molecular complexity index is 198. The molecule has 0 aromatic rings. The molecule has 2 atom stereocenters. The summed E-state index contributed by atoms with van der Waals surface area (Å²) in [6.07, 6.45) is 2.86. The second-order valence-corrected chi connectivity index (χ2v) is 4.89. The van der Waals surface area contributed by atoms with E-state index >= 15 is 0 Å². The van der Waals surface area contributed by atoms with E-state index in [1.807, 2.05) is 0 Å². The molecule has 0 radical (unpaired) electrons. The van der Waals surface area contributed by atoms with Crippen molar-refractivity contribution >= 4 is 5.91 Å². The van der Waals surface area contributed by atoms with Crippen LogP contribution < -0.4 is 10.6 Å². The molecule has 1 fully saturated rings. The zero-order valence-electron chi connectivity index (χ0n) is 10.2. The minimum atomic E-state index is 0.226. The Morgan fingerprint density at radius 1 is 1.53 bits per heavy atom. The highest BCUT2D eigenvalue weighted by Crippen LogP contribution is 2.13. The van der Waals surface area contributed by atoms with E-state index < -0.39 is 0 Å². The highest BCUT2D eigenvalue weighted by Gasteiger charge is 2.20. The average molecular weight is 212 g/mol. The first-order valence-corrected chi connectivity index (χ1v) is 6.13. The fourth-order valence-corrected chi connectivity index (χ4v) is 2.16. The molecule has 0 bridgehead atoms. The molecular formula is C12H24N2O. The Balaban J connectivity index is 2.27. The molecule has 3 heteroatoms. The third-order valence-corrected chi connectivity index (χ3v) is 3.23. The highest BCUT2D eigenvalue weighted by atomic mass is 16.1. The Labute approximate surface area is 93.0 Å². The van der Waals surface area contributed by atoms with Crippen LogP contribution in [0.15, 0.2) is 0 Å². The van der Waals surface area contributed by atoms with E-state index in [1.165, 1.54) is 0 Å². The predicted octanol–water partition coefficient (Wildman–Crippen LogP) is 1.54. The molecule has 0 aromatic heterocycles. The molecule has 2 unspecified atom stereocenters. The molecule has 1 aliphatic heterocycles. The largest absolute Gasteiger partial charge is 0.353 e. The maximum atomic E-state index is 11.7. The summed E-state index contributed by atoms with van der Waals surface area (Å²) in [4.78, 5) is 11.7. The van der Waals surface area contributed by atoms with E-state index in [9.17, 15) is 4.79 Å². The van der Waals surface area contributed by atoms with Gasteiger partial charge in [-0.05, 0) is 37.8 Å². The maximum Gasteiger partial charge on any atom is 0.220 e. The van der Waals surface area contributed by atoms with Crippen molar-refractivity contribution in [2.75, 3.05) is 13.1 Å². The SMILES string of the molecule is CCC(NC(=O)CC1CCNC1)C(C)C. The van der Waals surface area contributed by atoms with Gasteiger partial charge in [0.1, 0.15) is 0 Å². The van der Waals surface area contributed by atoms with Crippen molar-refractivity contribution in [3.8, 4) is 0 Å². The summed E-state index contributed by atoms with van der Waals surface area (Å²) in [6.45, 7) is 8.52. The zero-order chi connectivity index (χ0) is 11.3. The van der Waals surface area contributed by atoms with Gasteiger partial charge in [0.05, 0.1) is 0 Å². The Morgan fingerprint density at radius 2 is 2.27 bits per heavy atom. The molecule has 1 aliphatic rings. The van der Waals surface area contributed by atoms with Crippen molar-refractivity contribution in [3.05, 3.63) is 0 Å². The second kappa shape index (κ2) is 6.11. The summed E-state index contributed by atoms with van der Waals surface area (Å²) in [7, 11) is 0. The van der Waals surface area contributed by atoms with Crippen LogP contribution in [-0.4, -0.2) is 25.0 Å². The summed E-state index contributed by atoms with van der Waals surface area (Å²) in [5.41, 5.74) is 0. The van der Waals surface area contributed by atoms with Gasteiger partial charge in [-0.25, -0.2) is 0 Å². The molecule has 88 valence electrons. The smallest absolute Gasteiger partial charge is 0.220 e. The number of carbonyl (C=O) groups excluding carboxylic acids is 1. The Morgan fingerprint density at radius 3 is 2.73 bits per heavy atom. The summed E-state index contributed by atoms with van der Waals surface area (Å²) >= 11 is 0. The normalized spacial score (nSPS) is 23.1. The first-order chi connectivity index (χ1) is 7.13. The number of nitrogens with one attached hydrogen (secondary N) is 2. The van der Waals surface area contributed by atoms with E-state index in [0.29, 0.717) is 24.3 Å². The monoisotopic (exact) mass is 212 g/mol. The van der Waals surface area contributed by atoms with Crippen LogP contribution in [-0.2, 0) is 4.79 Å². The minimum Gasteiger partial charge on any atom is -0.353 e. The van der Waals surface area contributed by atoms with Crippen molar-refractivity contribution < 1.29 is 4.79 Å². The van der Waals surface area contributed by atoms with Crippen LogP contribution in [0.3, 0.4) is 0 Å². The molecule has 0 aliphatic carbocycles. The van der Waals surface area contributed by atoms with Gasteiger partial charge in [0.25, 0.3) is 0 Å². The van der Waals surface area contributed by atoms with Crippen LogP contribution in [0.2, 0.25) is 0 Å². The van der Waals surface area contributed by atoms with Crippen LogP contribution in [0.25, 0.3) is 0 Å². The molecular weight excluding hydrogens is 188 g/mol. The standard InChI is InChI=1S/C12H24N2O/c1-4-11(9(2)3)14-12(15)7-10-5-6-13-8-10/h9-11,13H,4-8H2,1-3H3,(H,14,15). The maximum absolute atomic E-state index is 11.7. The van der Waals surface area contributed by atoms with Crippen LogP contribution in [0.1, 0.15) is 40.0 Å². The number of hydrogen-bond donors (Lipinski definition) is 2.